The van der Waals surface area contributed by atoms with Gasteiger partial charge >= 0.3 is 0 Å². The molecule has 0 aliphatic rings. The number of rotatable bonds is 5. The summed E-state index contributed by atoms with van der Waals surface area (Å²) in [7, 11) is 0. The fourth-order valence-corrected chi connectivity index (χ4v) is 2.02. The van der Waals surface area contributed by atoms with Crippen molar-refractivity contribution in [3.63, 3.8) is 0 Å². The molecule has 7 heteroatoms. The number of aliphatic imine (C=N–C) groups is 1. The van der Waals surface area contributed by atoms with E-state index in [1.807, 2.05) is 13.0 Å². The summed E-state index contributed by atoms with van der Waals surface area (Å²) in [5, 5.41) is 15.4. The molecule has 0 heterocycles. The number of guanidine groups is 1. The summed E-state index contributed by atoms with van der Waals surface area (Å²) in [6.45, 7) is 3.02. The lowest BCUT2D eigenvalue weighted by atomic mass is 10.2. The summed E-state index contributed by atoms with van der Waals surface area (Å²) in [5.41, 5.74) is 1.08. The van der Waals surface area contributed by atoms with Gasteiger partial charge in [-0.15, -0.1) is 24.0 Å². The third kappa shape index (κ3) is 6.31. The van der Waals surface area contributed by atoms with Crippen LogP contribution in [0.4, 0.5) is 8.78 Å². The minimum absolute atomic E-state index is 0. The average Bonchev–Trinajstić information content (AvgIpc) is 2.53. The Morgan fingerprint density at radius 3 is 2.62 bits per heavy atom. The second-order valence-corrected chi connectivity index (χ2v) is 4.95. The monoisotopic (exact) mass is 447 g/mol. The maximum Gasteiger partial charge on any atom is 0.191 e. The molecule has 2 aromatic carbocycles. The summed E-state index contributed by atoms with van der Waals surface area (Å²) >= 11 is 0. The van der Waals surface area contributed by atoms with Gasteiger partial charge < -0.3 is 15.7 Å². The van der Waals surface area contributed by atoms with Crippen molar-refractivity contribution in [2.45, 2.75) is 20.0 Å². The number of phenols is 1. The maximum atomic E-state index is 13.6. The number of phenolic OH excluding ortho intramolecular Hbond substituents is 1. The van der Waals surface area contributed by atoms with Gasteiger partial charge in [-0.1, -0.05) is 12.1 Å². The van der Waals surface area contributed by atoms with Crippen LogP contribution in [0.3, 0.4) is 0 Å². The van der Waals surface area contributed by atoms with Crippen molar-refractivity contribution in [2.75, 3.05) is 6.54 Å². The molecular formula is C17H20F2IN3O. The zero-order valence-corrected chi connectivity index (χ0v) is 15.6. The van der Waals surface area contributed by atoms with Crippen molar-refractivity contribution in [1.29, 1.82) is 0 Å². The SMILES string of the molecule is CCNC(=NCc1cccc(O)c1)NCc1cc(F)ccc1F.I. The first kappa shape index (κ1) is 20.1. The van der Waals surface area contributed by atoms with Gasteiger partial charge in [0.15, 0.2) is 5.96 Å². The van der Waals surface area contributed by atoms with Crippen LogP contribution < -0.4 is 10.6 Å². The van der Waals surface area contributed by atoms with Crippen LogP contribution in [0.1, 0.15) is 18.1 Å². The van der Waals surface area contributed by atoms with Crippen molar-refractivity contribution >= 4 is 29.9 Å². The third-order valence-corrected chi connectivity index (χ3v) is 3.13. The second kappa shape index (κ2) is 10.1. The highest BCUT2D eigenvalue weighted by atomic mass is 127. The Morgan fingerprint density at radius 2 is 1.92 bits per heavy atom. The van der Waals surface area contributed by atoms with Crippen LogP contribution in [-0.2, 0) is 13.1 Å². The Kier molecular flexibility index (Phi) is 8.45. The first-order chi connectivity index (χ1) is 11.1. The van der Waals surface area contributed by atoms with Crippen LogP contribution in [0.5, 0.6) is 5.75 Å². The summed E-state index contributed by atoms with van der Waals surface area (Å²) in [5.74, 6) is -0.287. The summed E-state index contributed by atoms with van der Waals surface area (Å²) < 4.78 is 26.8. The molecule has 0 amide bonds. The van der Waals surface area contributed by atoms with Crippen molar-refractivity contribution < 1.29 is 13.9 Å². The number of aromatic hydroxyl groups is 1. The van der Waals surface area contributed by atoms with E-state index in [1.54, 1.807) is 18.2 Å². The first-order valence-corrected chi connectivity index (χ1v) is 7.32. The molecule has 0 aromatic heterocycles. The number of benzene rings is 2. The Balaban J connectivity index is 0.00000288. The van der Waals surface area contributed by atoms with E-state index in [1.165, 1.54) is 0 Å². The Hall–Kier alpha value is -1.90. The Labute approximate surface area is 157 Å². The molecule has 0 fully saturated rings. The van der Waals surface area contributed by atoms with E-state index in [-0.39, 0.29) is 41.8 Å². The molecule has 0 saturated heterocycles. The third-order valence-electron chi connectivity index (χ3n) is 3.13. The van der Waals surface area contributed by atoms with Crippen LogP contribution in [0.2, 0.25) is 0 Å². The number of nitrogens with zero attached hydrogens (tertiary/aromatic N) is 1. The van der Waals surface area contributed by atoms with Crippen molar-refractivity contribution in [3.05, 3.63) is 65.2 Å². The minimum Gasteiger partial charge on any atom is -0.508 e. The van der Waals surface area contributed by atoms with Crippen molar-refractivity contribution in [2.24, 2.45) is 4.99 Å². The quantitative estimate of drug-likeness (QED) is 0.374. The molecule has 0 aliphatic carbocycles. The van der Waals surface area contributed by atoms with E-state index in [2.05, 4.69) is 15.6 Å². The Bertz CT molecular complexity index is 695. The largest absolute Gasteiger partial charge is 0.508 e. The minimum atomic E-state index is -0.482. The maximum absolute atomic E-state index is 13.6. The molecule has 2 aromatic rings. The lowest BCUT2D eigenvalue weighted by molar-refractivity contribution is 0.474. The van der Waals surface area contributed by atoms with Crippen LogP contribution in [0.15, 0.2) is 47.5 Å². The van der Waals surface area contributed by atoms with E-state index in [4.69, 9.17) is 0 Å². The number of halogens is 3. The van der Waals surface area contributed by atoms with Gasteiger partial charge in [0, 0.05) is 18.7 Å². The van der Waals surface area contributed by atoms with Gasteiger partial charge in [0.1, 0.15) is 17.4 Å². The van der Waals surface area contributed by atoms with Crippen molar-refractivity contribution in [3.8, 4) is 5.75 Å². The Morgan fingerprint density at radius 1 is 1.12 bits per heavy atom. The lowest BCUT2D eigenvalue weighted by Crippen LogP contribution is -2.37. The molecule has 0 bridgehead atoms. The second-order valence-electron chi connectivity index (χ2n) is 4.95. The van der Waals surface area contributed by atoms with Crippen molar-refractivity contribution in [1.82, 2.24) is 10.6 Å². The molecule has 2 rings (SSSR count). The van der Waals surface area contributed by atoms with Gasteiger partial charge in [0.05, 0.1) is 6.54 Å². The molecule has 130 valence electrons. The molecule has 3 N–H and O–H groups in total. The van der Waals surface area contributed by atoms with Crippen LogP contribution in [0.25, 0.3) is 0 Å². The summed E-state index contributed by atoms with van der Waals surface area (Å²) in [4.78, 5) is 4.36. The van der Waals surface area contributed by atoms with E-state index >= 15 is 0 Å². The molecule has 0 aliphatic heterocycles. The smallest absolute Gasteiger partial charge is 0.191 e. The van der Waals surface area contributed by atoms with E-state index < -0.39 is 11.6 Å². The standard InChI is InChI=1S/C17H19F2N3O.HI/c1-2-20-17(21-10-12-4-3-5-15(23)8-12)22-11-13-9-14(18)6-7-16(13)19;/h3-9,23H,2,10-11H2,1H3,(H2,20,21,22);1H. The molecule has 0 spiro atoms. The first-order valence-electron chi connectivity index (χ1n) is 7.32. The summed E-state index contributed by atoms with van der Waals surface area (Å²) in [6, 6.07) is 10.1. The molecule has 0 unspecified atom stereocenters. The molecule has 0 saturated carbocycles. The highest BCUT2D eigenvalue weighted by Gasteiger charge is 2.05. The number of hydrogen-bond acceptors (Lipinski definition) is 2. The fourth-order valence-electron chi connectivity index (χ4n) is 2.02. The summed E-state index contributed by atoms with van der Waals surface area (Å²) in [6.07, 6.45) is 0. The van der Waals surface area contributed by atoms with E-state index in [0.717, 1.165) is 23.8 Å². The van der Waals surface area contributed by atoms with Crippen LogP contribution in [0, 0.1) is 11.6 Å². The number of hydrogen-bond donors (Lipinski definition) is 3. The number of nitrogens with one attached hydrogen (secondary N) is 2. The normalized spacial score (nSPS) is 10.9. The molecular weight excluding hydrogens is 427 g/mol. The van der Waals surface area contributed by atoms with Crippen LogP contribution >= 0.6 is 24.0 Å². The molecule has 0 radical (unpaired) electrons. The molecule has 0 atom stereocenters. The average molecular weight is 447 g/mol. The zero-order chi connectivity index (χ0) is 16.7. The van der Waals surface area contributed by atoms with Gasteiger partial charge in [0.2, 0.25) is 0 Å². The molecule has 24 heavy (non-hydrogen) atoms. The van der Waals surface area contributed by atoms with Gasteiger partial charge in [-0.3, -0.25) is 0 Å². The van der Waals surface area contributed by atoms with Gasteiger partial charge in [-0.25, -0.2) is 13.8 Å². The topological polar surface area (TPSA) is 56.7 Å². The predicted octanol–water partition coefficient (Wildman–Crippen LogP) is 3.54. The van der Waals surface area contributed by atoms with E-state index in [9.17, 15) is 13.9 Å². The zero-order valence-electron chi connectivity index (χ0n) is 13.2. The lowest BCUT2D eigenvalue weighted by Gasteiger charge is -2.12. The van der Waals surface area contributed by atoms with Gasteiger partial charge in [0.25, 0.3) is 0 Å². The fraction of sp³-hybridized carbons (Fsp3) is 0.235. The highest BCUT2D eigenvalue weighted by molar-refractivity contribution is 14.0. The van der Waals surface area contributed by atoms with Gasteiger partial charge in [-0.05, 0) is 42.8 Å². The van der Waals surface area contributed by atoms with E-state index in [0.29, 0.717) is 19.0 Å². The van der Waals surface area contributed by atoms with Crippen LogP contribution in [-0.4, -0.2) is 17.6 Å². The predicted molar refractivity (Wildman–Crippen MR) is 102 cm³/mol. The molecule has 4 nitrogen and oxygen atoms in total. The van der Waals surface area contributed by atoms with Gasteiger partial charge in [-0.2, -0.15) is 0 Å². The highest BCUT2D eigenvalue weighted by Crippen LogP contribution is 2.12.